The van der Waals surface area contributed by atoms with E-state index in [0.717, 1.165) is 15.6 Å². The van der Waals surface area contributed by atoms with E-state index in [0.29, 0.717) is 10.0 Å². The SMILES string of the molecule is Cc1cccc(C(=O)Cc2ccc(F)cc2Br)c1Br. The van der Waals surface area contributed by atoms with Crippen molar-refractivity contribution in [2.45, 2.75) is 13.3 Å². The molecule has 2 aromatic rings. The Kier molecular flexibility index (Phi) is 4.53. The molecule has 2 aromatic carbocycles. The van der Waals surface area contributed by atoms with Crippen LogP contribution in [0.25, 0.3) is 0 Å². The number of carbonyl (C=O) groups is 1. The summed E-state index contributed by atoms with van der Waals surface area (Å²) < 4.78 is 14.4. The van der Waals surface area contributed by atoms with Gasteiger partial charge in [0.2, 0.25) is 0 Å². The van der Waals surface area contributed by atoms with Crippen LogP contribution in [0.4, 0.5) is 4.39 Å². The summed E-state index contributed by atoms with van der Waals surface area (Å²) >= 11 is 6.71. The van der Waals surface area contributed by atoms with Crippen LogP contribution in [0, 0.1) is 12.7 Å². The van der Waals surface area contributed by atoms with Crippen LogP contribution in [0.2, 0.25) is 0 Å². The van der Waals surface area contributed by atoms with E-state index in [1.807, 2.05) is 19.1 Å². The molecule has 0 aliphatic carbocycles. The predicted octanol–water partition coefficient (Wildman–Crippen LogP) is 5.08. The molecule has 0 heterocycles. The normalized spacial score (nSPS) is 10.5. The number of hydrogen-bond donors (Lipinski definition) is 0. The van der Waals surface area contributed by atoms with E-state index in [-0.39, 0.29) is 18.0 Å². The zero-order chi connectivity index (χ0) is 14.0. The zero-order valence-electron chi connectivity index (χ0n) is 10.2. The third-order valence-corrected chi connectivity index (χ3v) is 4.65. The summed E-state index contributed by atoms with van der Waals surface area (Å²) in [6.45, 7) is 1.94. The van der Waals surface area contributed by atoms with E-state index in [9.17, 15) is 9.18 Å². The third kappa shape index (κ3) is 3.31. The van der Waals surface area contributed by atoms with Gasteiger partial charge in [0.05, 0.1) is 0 Å². The molecule has 0 aromatic heterocycles. The van der Waals surface area contributed by atoms with Crippen molar-refractivity contribution < 1.29 is 9.18 Å². The minimum absolute atomic E-state index is 0.00267. The highest BCUT2D eigenvalue weighted by atomic mass is 79.9. The van der Waals surface area contributed by atoms with E-state index < -0.39 is 0 Å². The average molecular weight is 386 g/mol. The van der Waals surface area contributed by atoms with Crippen LogP contribution in [0.5, 0.6) is 0 Å². The summed E-state index contributed by atoms with van der Waals surface area (Å²) in [5.74, 6) is -0.317. The first-order valence-corrected chi connectivity index (χ1v) is 7.30. The van der Waals surface area contributed by atoms with E-state index >= 15 is 0 Å². The van der Waals surface area contributed by atoms with Crippen molar-refractivity contribution >= 4 is 37.6 Å². The van der Waals surface area contributed by atoms with E-state index in [4.69, 9.17) is 0 Å². The Hall–Kier alpha value is -1.000. The van der Waals surface area contributed by atoms with Gasteiger partial charge in [0.1, 0.15) is 5.82 Å². The molecular weight excluding hydrogens is 375 g/mol. The quantitative estimate of drug-likeness (QED) is 0.673. The van der Waals surface area contributed by atoms with Crippen LogP contribution in [0.15, 0.2) is 45.3 Å². The first-order chi connectivity index (χ1) is 8.99. The highest BCUT2D eigenvalue weighted by Gasteiger charge is 2.13. The van der Waals surface area contributed by atoms with Crippen molar-refractivity contribution in [2.75, 3.05) is 0 Å². The van der Waals surface area contributed by atoms with E-state index in [2.05, 4.69) is 31.9 Å². The number of carbonyl (C=O) groups excluding carboxylic acids is 1. The van der Waals surface area contributed by atoms with Crippen LogP contribution >= 0.6 is 31.9 Å². The summed E-state index contributed by atoms with van der Waals surface area (Å²) in [7, 11) is 0. The number of Topliss-reactive ketones (excluding diaryl/α,β-unsaturated/α-hetero) is 1. The molecule has 0 N–H and O–H groups in total. The largest absolute Gasteiger partial charge is 0.294 e. The van der Waals surface area contributed by atoms with Crippen molar-refractivity contribution in [3.8, 4) is 0 Å². The van der Waals surface area contributed by atoms with Gasteiger partial charge in [0.25, 0.3) is 0 Å². The van der Waals surface area contributed by atoms with Crippen LogP contribution in [-0.4, -0.2) is 5.78 Å². The highest BCUT2D eigenvalue weighted by molar-refractivity contribution is 9.10. The van der Waals surface area contributed by atoms with Gasteiger partial charge in [0.15, 0.2) is 5.78 Å². The Bertz CT molecular complexity index is 638. The Morgan fingerprint density at radius 3 is 2.63 bits per heavy atom. The lowest BCUT2D eigenvalue weighted by atomic mass is 10.0. The van der Waals surface area contributed by atoms with Gasteiger partial charge >= 0.3 is 0 Å². The topological polar surface area (TPSA) is 17.1 Å². The molecule has 0 aliphatic rings. The molecule has 0 spiro atoms. The van der Waals surface area contributed by atoms with Crippen LogP contribution in [-0.2, 0) is 6.42 Å². The van der Waals surface area contributed by atoms with Crippen LogP contribution in [0.3, 0.4) is 0 Å². The number of aryl methyl sites for hydroxylation is 1. The summed E-state index contributed by atoms with van der Waals surface area (Å²) in [5.41, 5.74) is 2.44. The molecule has 0 saturated carbocycles. The van der Waals surface area contributed by atoms with Gasteiger partial charge in [0, 0.05) is 20.9 Å². The zero-order valence-corrected chi connectivity index (χ0v) is 13.4. The minimum atomic E-state index is -0.320. The molecule has 0 saturated heterocycles. The summed E-state index contributed by atoms with van der Waals surface area (Å²) in [6, 6.07) is 9.94. The number of rotatable bonds is 3. The standard InChI is InChI=1S/C15H11Br2FO/c1-9-3-2-4-12(15(9)17)14(19)7-10-5-6-11(18)8-13(10)16/h2-6,8H,7H2,1H3. The van der Waals surface area contributed by atoms with Crippen molar-refractivity contribution in [3.05, 3.63) is 67.9 Å². The maximum absolute atomic E-state index is 13.0. The number of halogens is 3. The molecule has 4 heteroatoms. The summed E-state index contributed by atoms with van der Waals surface area (Å²) in [4.78, 5) is 12.3. The van der Waals surface area contributed by atoms with Crippen LogP contribution < -0.4 is 0 Å². The van der Waals surface area contributed by atoms with Gasteiger partial charge in [-0.1, -0.05) is 40.2 Å². The lowest BCUT2D eigenvalue weighted by Gasteiger charge is -2.07. The molecule has 19 heavy (non-hydrogen) atoms. The number of hydrogen-bond acceptors (Lipinski definition) is 1. The number of benzene rings is 2. The Morgan fingerprint density at radius 2 is 1.95 bits per heavy atom. The third-order valence-electron chi connectivity index (χ3n) is 2.86. The Balaban J connectivity index is 2.28. The predicted molar refractivity (Wildman–Crippen MR) is 81.0 cm³/mol. The first kappa shape index (κ1) is 14.4. The molecule has 98 valence electrons. The first-order valence-electron chi connectivity index (χ1n) is 5.71. The molecule has 0 amide bonds. The van der Waals surface area contributed by atoms with Gasteiger partial charge in [-0.05, 0) is 46.1 Å². The second-order valence-corrected chi connectivity index (χ2v) is 5.92. The maximum atomic E-state index is 13.0. The average Bonchev–Trinajstić information content (AvgIpc) is 2.36. The Labute approximate surface area is 128 Å². The molecule has 0 atom stereocenters. The van der Waals surface area contributed by atoms with Gasteiger partial charge in [-0.3, -0.25) is 4.79 Å². The van der Waals surface area contributed by atoms with Gasteiger partial charge in [-0.15, -0.1) is 0 Å². The summed E-state index contributed by atoms with van der Waals surface area (Å²) in [5, 5.41) is 0. The maximum Gasteiger partial charge on any atom is 0.168 e. The fraction of sp³-hybridized carbons (Fsp3) is 0.133. The van der Waals surface area contributed by atoms with Gasteiger partial charge in [-0.25, -0.2) is 4.39 Å². The monoisotopic (exact) mass is 384 g/mol. The van der Waals surface area contributed by atoms with Crippen LogP contribution in [0.1, 0.15) is 21.5 Å². The van der Waals surface area contributed by atoms with Crippen molar-refractivity contribution in [2.24, 2.45) is 0 Å². The van der Waals surface area contributed by atoms with E-state index in [1.54, 1.807) is 12.1 Å². The molecule has 0 aliphatic heterocycles. The van der Waals surface area contributed by atoms with Gasteiger partial charge in [-0.2, -0.15) is 0 Å². The van der Waals surface area contributed by atoms with Crippen molar-refractivity contribution in [1.29, 1.82) is 0 Å². The molecule has 0 fully saturated rings. The smallest absolute Gasteiger partial charge is 0.168 e. The molecule has 2 rings (SSSR count). The van der Waals surface area contributed by atoms with Gasteiger partial charge < -0.3 is 0 Å². The molecule has 0 unspecified atom stereocenters. The minimum Gasteiger partial charge on any atom is -0.294 e. The number of ketones is 1. The van der Waals surface area contributed by atoms with E-state index in [1.165, 1.54) is 12.1 Å². The molecule has 1 nitrogen and oxygen atoms in total. The second kappa shape index (κ2) is 5.97. The second-order valence-electron chi connectivity index (χ2n) is 4.27. The Morgan fingerprint density at radius 1 is 1.21 bits per heavy atom. The fourth-order valence-corrected chi connectivity index (χ4v) is 2.77. The van der Waals surface area contributed by atoms with Crippen molar-refractivity contribution in [1.82, 2.24) is 0 Å². The molecule has 0 bridgehead atoms. The highest BCUT2D eigenvalue weighted by Crippen LogP contribution is 2.24. The lowest BCUT2D eigenvalue weighted by molar-refractivity contribution is 0.0992. The summed E-state index contributed by atoms with van der Waals surface area (Å²) in [6.07, 6.45) is 0.239. The lowest BCUT2D eigenvalue weighted by Crippen LogP contribution is -2.06. The van der Waals surface area contributed by atoms with Crippen molar-refractivity contribution in [3.63, 3.8) is 0 Å². The molecular formula is C15H11Br2FO. The molecule has 0 radical (unpaired) electrons. The fourth-order valence-electron chi connectivity index (χ4n) is 1.80.